The van der Waals surface area contributed by atoms with E-state index in [4.69, 9.17) is 4.74 Å². The highest BCUT2D eigenvalue weighted by molar-refractivity contribution is 5.92. The van der Waals surface area contributed by atoms with E-state index in [9.17, 15) is 4.79 Å². The molecule has 1 saturated carbocycles. The van der Waals surface area contributed by atoms with Crippen LogP contribution in [0.2, 0.25) is 0 Å². The molecule has 0 radical (unpaired) electrons. The van der Waals surface area contributed by atoms with Gasteiger partial charge in [-0.05, 0) is 38.6 Å². The molecule has 0 aromatic carbocycles. The third-order valence-electron chi connectivity index (χ3n) is 6.40. The third kappa shape index (κ3) is 4.81. The SMILES string of the molecule is O=C(c1cncc(NCC[C@@H]2CCCCN2C2CCCC2)n1)N1CCOCC1. The fraction of sp³-hybridized carbons (Fsp3) is 0.762. The lowest BCUT2D eigenvalue weighted by Gasteiger charge is -2.40. The van der Waals surface area contributed by atoms with Crippen molar-refractivity contribution in [2.45, 2.75) is 63.5 Å². The van der Waals surface area contributed by atoms with E-state index in [1.165, 1.54) is 51.5 Å². The molecule has 3 heterocycles. The van der Waals surface area contributed by atoms with E-state index < -0.39 is 0 Å². The van der Waals surface area contributed by atoms with Crippen LogP contribution in [0, 0.1) is 0 Å². The van der Waals surface area contributed by atoms with Crippen LogP contribution in [0.5, 0.6) is 0 Å². The van der Waals surface area contributed by atoms with Gasteiger partial charge in [0, 0.05) is 31.7 Å². The van der Waals surface area contributed by atoms with Gasteiger partial charge in [-0.1, -0.05) is 19.3 Å². The minimum atomic E-state index is -0.0564. The van der Waals surface area contributed by atoms with Gasteiger partial charge in [0.05, 0.1) is 25.6 Å². The second-order valence-electron chi connectivity index (χ2n) is 8.24. The first-order chi connectivity index (χ1) is 13.8. The first-order valence-corrected chi connectivity index (χ1v) is 11.0. The van der Waals surface area contributed by atoms with Crippen molar-refractivity contribution in [1.82, 2.24) is 19.8 Å². The molecule has 154 valence electrons. The molecule has 1 amide bonds. The number of likely N-dealkylation sites (tertiary alicyclic amines) is 1. The van der Waals surface area contributed by atoms with Crippen LogP contribution >= 0.6 is 0 Å². The fourth-order valence-electron chi connectivity index (χ4n) is 4.90. The number of morpholine rings is 1. The highest BCUT2D eigenvalue weighted by Crippen LogP contribution is 2.30. The predicted octanol–water partition coefficient (Wildman–Crippen LogP) is 2.55. The van der Waals surface area contributed by atoms with Crippen LogP contribution in [-0.2, 0) is 4.74 Å². The number of piperidine rings is 1. The van der Waals surface area contributed by atoms with Gasteiger partial charge in [-0.25, -0.2) is 4.98 Å². The lowest BCUT2D eigenvalue weighted by Crippen LogP contribution is -2.45. The Kier molecular flexibility index (Phi) is 6.75. The summed E-state index contributed by atoms with van der Waals surface area (Å²) in [4.78, 5) is 25.9. The number of carbonyl (C=O) groups is 1. The summed E-state index contributed by atoms with van der Waals surface area (Å²) in [5.41, 5.74) is 0.414. The molecule has 4 rings (SSSR count). The predicted molar refractivity (Wildman–Crippen MR) is 108 cm³/mol. The molecule has 1 aromatic rings. The number of carbonyl (C=O) groups excluding carboxylic acids is 1. The Morgan fingerprint density at radius 1 is 1.07 bits per heavy atom. The fourth-order valence-corrected chi connectivity index (χ4v) is 4.90. The normalized spacial score (nSPS) is 24.4. The Labute approximate surface area is 167 Å². The number of rotatable bonds is 6. The third-order valence-corrected chi connectivity index (χ3v) is 6.40. The van der Waals surface area contributed by atoms with Gasteiger partial charge < -0.3 is 15.0 Å². The number of hydrogen-bond acceptors (Lipinski definition) is 6. The van der Waals surface area contributed by atoms with E-state index in [1.54, 1.807) is 17.3 Å². The van der Waals surface area contributed by atoms with E-state index in [2.05, 4.69) is 20.2 Å². The Morgan fingerprint density at radius 3 is 2.68 bits per heavy atom. The molecule has 0 spiro atoms. The van der Waals surface area contributed by atoms with Crippen molar-refractivity contribution in [3.05, 3.63) is 18.1 Å². The first kappa shape index (κ1) is 19.6. The Bertz CT molecular complexity index is 643. The summed E-state index contributed by atoms with van der Waals surface area (Å²) in [6, 6.07) is 1.48. The second kappa shape index (κ2) is 9.65. The van der Waals surface area contributed by atoms with E-state index in [-0.39, 0.29) is 5.91 Å². The van der Waals surface area contributed by atoms with Gasteiger partial charge in [-0.2, -0.15) is 0 Å². The molecule has 1 aliphatic carbocycles. The molecule has 7 nitrogen and oxygen atoms in total. The van der Waals surface area contributed by atoms with Crippen molar-refractivity contribution in [3.63, 3.8) is 0 Å². The van der Waals surface area contributed by atoms with Crippen molar-refractivity contribution in [1.29, 1.82) is 0 Å². The zero-order chi connectivity index (χ0) is 19.2. The monoisotopic (exact) mass is 387 g/mol. The van der Waals surface area contributed by atoms with E-state index in [0.29, 0.717) is 43.9 Å². The summed E-state index contributed by atoms with van der Waals surface area (Å²) in [5, 5.41) is 3.41. The van der Waals surface area contributed by atoms with Gasteiger partial charge in [-0.3, -0.25) is 14.7 Å². The molecule has 2 saturated heterocycles. The van der Waals surface area contributed by atoms with Crippen LogP contribution in [0.4, 0.5) is 5.82 Å². The Hall–Kier alpha value is -1.73. The van der Waals surface area contributed by atoms with Gasteiger partial charge in [0.25, 0.3) is 5.91 Å². The number of aromatic nitrogens is 2. The van der Waals surface area contributed by atoms with E-state index in [0.717, 1.165) is 19.0 Å². The minimum absolute atomic E-state index is 0.0564. The average molecular weight is 388 g/mol. The summed E-state index contributed by atoms with van der Waals surface area (Å²) < 4.78 is 5.32. The highest BCUT2D eigenvalue weighted by atomic mass is 16.5. The van der Waals surface area contributed by atoms with Crippen molar-refractivity contribution in [2.24, 2.45) is 0 Å². The summed E-state index contributed by atoms with van der Waals surface area (Å²) in [6.07, 6.45) is 13.9. The van der Waals surface area contributed by atoms with E-state index in [1.807, 2.05) is 0 Å². The molecule has 3 aliphatic rings. The molecular formula is C21H33N5O2. The zero-order valence-electron chi connectivity index (χ0n) is 16.8. The standard InChI is InChI=1S/C21H33N5O2/c27-21(25-11-13-28-14-12-25)19-15-22-16-20(24-19)23-9-8-18-7-3-4-10-26(18)17-5-1-2-6-17/h15-18H,1-14H2,(H,23,24)/t18-/m0/s1. The maximum Gasteiger partial charge on any atom is 0.274 e. The van der Waals surface area contributed by atoms with Crippen LogP contribution in [0.3, 0.4) is 0 Å². The molecule has 7 heteroatoms. The van der Waals surface area contributed by atoms with Crippen LogP contribution in [0.1, 0.15) is 61.9 Å². The van der Waals surface area contributed by atoms with Crippen molar-refractivity contribution >= 4 is 11.7 Å². The molecule has 1 N–H and O–H groups in total. The van der Waals surface area contributed by atoms with Gasteiger partial charge in [0.15, 0.2) is 0 Å². The average Bonchev–Trinajstić information content (AvgIpc) is 3.29. The Balaban J connectivity index is 1.30. The van der Waals surface area contributed by atoms with Crippen molar-refractivity contribution in [2.75, 3.05) is 44.7 Å². The van der Waals surface area contributed by atoms with Crippen LogP contribution in [0.15, 0.2) is 12.4 Å². The van der Waals surface area contributed by atoms with Crippen molar-refractivity contribution < 1.29 is 9.53 Å². The summed E-state index contributed by atoms with van der Waals surface area (Å²) in [6.45, 7) is 4.57. The summed E-state index contributed by atoms with van der Waals surface area (Å²) in [7, 11) is 0. The summed E-state index contributed by atoms with van der Waals surface area (Å²) in [5.74, 6) is 0.640. The molecular weight excluding hydrogens is 354 g/mol. The molecule has 2 aliphatic heterocycles. The number of amides is 1. The van der Waals surface area contributed by atoms with Crippen LogP contribution in [-0.4, -0.2) is 77.2 Å². The lowest BCUT2D eigenvalue weighted by molar-refractivity contribution is 0.0299. The van der Waals surface area contributed by atoms with Crippen LogP contribution in [0.25, 0.3) is 0 Å². The smallest absolute Gasteiger partial charge is 0.274 e. The van der Waals surface area contributed by atoms with E-state index >= 15 is 0 Å². The van der Waals surface area contributed by atoms with Gasteiger partial charge in [0.2, 0.25) is 0 Å². The largest absolute Gasteiger partial charge is 0.378 e. The number of nitrogens with zero attached hydrogens (tertiary/aromatic N) is 4. The lowest BCUT2D eigenvalue weighted by atomic mass is 9.96. The van der Waals surface area contributed by atoms with Crippen LogP contribution < -0.4 is 5.32 Å². The molecule has 3 fully saturated rings. The molecule has 0 bridgehead atoms. The molecule has 28 heavy (non-hydrogen) atoms. The number of nitrogens with one attached hydrogen (secondary N) is 1. The zero-order valence-corrected chi connectivity index (χ0v) is 16.8. The second-order valence-corrected chi connectivity index (χ2v) is 8.24. The van der Waals surface area contributed by atoms with Gasteiger partial charge in [0.1, 0.15) is 11.5 Å². The van der Waals surface area contributed by atoms with Gasteiger partial charge in [-0.15, -0.1) is 0 Å². The highest BCUT2D eigenvalue weighted by Gasteiger charge is 2.30. The van der Waals surface area contributed by atoms with Crippen molar-refractivity contribution in [3.8, 4) is 0 Å². The van der Waals surface area contributed by atoms with Gasteiger partial charge >= 0.3 is 0 Å². The maximum absolute atomic E-state index is 12.6. The molecule has 0 unspecified atom stereocenters. The maximum atomic E-state index is 12.6. The number of hydrogen-bond donors (Lipinski definition) is 1. The molecule has 1 atom stereocenters. The molecule has 1 aromatic heterocycles. The first-order valence-electron chi connectivity index (χ1n) is 11.0. The Morgan fingerprint density at radius 2 is 1.86 bits per heavy atom. The summed E-state index contributed by atoms with van der Waals surface area (Å²) >= 11 is 0. The number of anilines is 1. The quantitative estimate of drug-likeness (QED) is 0.809. The number of ether oxygens (including phenoxy) is 1. The topological polar surface area (TPSA) is 70.6 Å². The minimum Gasteiger partial charge on any atom is -0.378 e.